The molecule has 3 heteroatoms. The van der Waals surface area contributed by atoms with Gasteiger partial charge in [0.1, 0.15) is 0 Å². The summed E-state index contributed by atoms with van der Waals surface area (Å²) in [6, 6.07) is 8.41. The molecule has 0 fully saturated rings. The Morgan fingerprint density at radius 1 is 1.37 bits per heavy atom. The summed E-state index contributed by atoms with van der Waals surface area (Å²) in [6.07, 6.45) is 6.77. The molecule has 0 saturated carbocycles. The number of hydrogen-bond donors (Lipinski definition) is 2. The summed E-state index contributed by atoms with van der Waals surface area (Å²) in [7, 11) is 0.901. The highest BCUT2D eigenvalue weighted by molar-refractivity contribution is 7.37. The molecule has 0 radical (unpaired) electrons. The highest BCUT2D eigenvalue weighted by atomic mass is 31.1. The highest BCUT2D eigenvalue weighted by Gasteiger charge is 2.03. The molecule has 19 heavy (non-hydrogen) atoms. The lowest BCUT2D eigenvalue weighted by Crippen LogP contribution is -2.00. The van der Waals surface area contributed by atoms with Gasteiger partial charge in [-0.3, -0.25) is 0 Å². The zero-order valence-electron chi connectivity index (χ0n) is 12.0. The quantitative estimate of drug-likeness (QED) is 0.430. The Labute approximate surface area is 118 Å². The minimum Gasteiger partial charge on any atom is -0.512 e. The summed E-state index contributed by atoms with van der Waals surface area (Å²) in [5, 5.41) is 13.1. The van der Waals surface area contributed by atoms with Crippen molar-refractivity contribution in [1.82, 2.24) is 0 Å². The maximum absolute atomic E-state index is 9.65. The van der Waals surface area contributed by atoms with E-state index in [1.165, 1.54) is 11.3 Å². The number of para-hydroxylation sites is 1. The second-order valence-electron chi connectivity index (χ2n) is 4.47. The number of aliphatic hydroxyl groups excluding tert-OH is 1. The molecule has 1 aromatic carbocycles. The lowest BCUT2D eigenvalue weighted by molar-refractivity contribution is 0.406. The van der Waals surface area contributed by atoms with Gasteiger partial charge in [0.2, 0.25) is 0 Å². The van der Waals surface area contributed by atoms with Gasteiger partial charge in [0.15, 0.2) is 0 Å². The second kappa shape index (κ2) is 8.77. The van der Waals surface area contributed by atoms with Crippen LogP contribution in [0.5, 0.6) is 0 Å². The van der Waals surface area contributed by atoms with Crippen molar-refractivity contribution in [3.63, 3.8) is 0 Å². The molecule has 1 rings (SSSR count). The number of rotatable bonds is 7. The van der Waals surface area contributed by atoms with E-state index in [1.807, 2.05) is 19.1 Å². The third-order valence-electron chi connectivity index (χ3n) is 2.97. The fraction of sp³-hybridized carbons (Fsp3) is 0.375. The summed E-state index contributed by atoms with van der Waals surface area (Å²) in [4.78, 5) is 0. The van der Waals surface area contributed by atoms with Crippen molar-refractivity contribution in [3.8, 4) is 0 Å². The zero-order valence-corrected chi connectivity index (χ0v) is 13.0. The van der Waals surface area contributed by atoms with E-state index in [9.17, 15) is 5.11 Å². The minimum atomic E-state index is 0.415. The summed E-state index contributed by atoms with van der Waals surface area (Å²) in [5.74, 6) is 0.415. The maximum atomic E-state index is 9.65. The SMILES string of the molecule is C/C=C\C(CCc1ccccc1NCPC)=C(/C)O. The summed E-state index contributed by atoms with van der Waals surface area (Å²) >= 11 is 0. The second-order valence-corrected chi connectivity index (χ2v) is 5.54. The lowest BCUT2D eigenvalue weighted by atomic mass is 10.0. The first-order valence-corrected chi connectivity index (χ1v) is 8.37. The molecule has 0 bridgehead atoms. The Balaban J connectivity index is 2.74. The van der Waals surface area contributed by atoms with Gasteiger partial charge in [-0.1, -0.05) is 30.4 Å². The third kappa shape index (κ3) is 5.48. The molecule has 104 valence electrons. The van der Waals surface area contributed by atoms with E-state index in [-0.39, 0.29) is 0 Å². The van der Waals surface area contributed by atoms with Crippen molar-refractivity contribution < 1.29 is 5.11 Å². The topological polar surface area (TPSA) is 32.3 Å². The van der Waals surface area contributed by atoms with Gasteiger partial charge in [-0.15, -0.1) is 8.58 Å². The molecule has 2 N–H and O–H groups in total. The van der Waals surface area contributed by atoms with Crippen molar-refractivity contribution in [1.29, 1.82) is 0 Å². The van der Waals surface area contributed by atoms with Crippen molar-refractivity contribution in [2.75, 3.05) is 18.3 Å². The molecule has 0 aromatic heterocycles. The van der Waals surface area contributed by atoms with Crippen LogP contribution in [-0.2, 0) is 6.42 Å². The average Bonchev–Trinajstić information content (AvgIpc) is 2.41. The minimum absolute atomic E-state index is 0.415. The predicted octanol–water partition coefficient (Wildman–Crippen LogP) is 4.71. The highest BCUT2D eigenvalue weighted by Crippen LogP contribution is 2.21. The Hall–Kier alpha value is -1.27. The van der Waals surface area contributed by atoms with Gasteiger partial charge in [-0.25, -0.2) is 0 Å². The van der Waals surface area contributed by atoms with Gasteiger partial charge in [0, 0.05) is 12.0 Å². The van der Waals surface area contributed by atoms with Gasteiger partial charge in [-0.05, 0) is 50.6 Å². The molecule has 1 unspecified atom stereocenters. The molecular weight excluding hydrogens is 253 g/mol. The molecule has 0 aliphatic heterocycles. The number of nitrogens with one attached hydrogen (secondary N) is 1. The Bertz CT molecular complexity index is 448. The normalized spacial score (nSPS) is 13.2. The molecule has 0 amide bonds. The summed E-state index contributed by atoms with van der Waals surface area (Å²) < 4.78 is 0. The summed E-state index contributed by atoms with van der Waals surface area (Å²) in [5.41, 5.74) is 3.53. The van der Waals surface area contributed by atoms with Crippen LogP contribution < -0.4 is 5.32 Å². The van der Waals surface area contributed by atoms with E-state index in [0.717, 1.165) is 33.3 Å². The van der Waals surface area contributed by atoms with Crippen LogP contribution in [-0.4, -0.2) is 18.1 Å². The van der Waals surface area contributed by atoms with Crippen LogP contribution in [0.1, 0.15) is 25.8 Å². The van der Waals surface area contributed by atoms with E-state index < -0.39 is 0 Å². The molecule has 0 spiro atoms. The van der Waals surface area contributed by atoms with Crippen molar-refractivity contribution in [3.05, 3.63) is 53.3 Å². The number of anilines is 1. The Morgan fingerprint density at radius 3 is 2.74 bits per heavy atom. The van der Waals surface area contributed by atoms with Crippen molar-refractivity contribution in [2.24, 2.45) is 0 Å². The van der Waals surface area contributed by atoms with Crippen LogP contribution in [0.25, 0.3) is 0 Å². The van der Waals surface area contributed by atoms with Crippen LogP contribution in [0.15, 0.2) is 47.7 Å². The van der Waals surface area contributed by atoms with Gasteiger partial charge in [0.25, 0.3) is 0 Å². The molecule has 2 nitrogen and oxygen atoms in total. The van der Waals surface area contributed by atoms with E-state index in [0.29, 0.717) is 5.76 Å². The zero-order chi connectivity index (χ0) is 14.1. The Morgan fingerprint density at radius 2 is 2.11 bits per heavy atom. The molecule has 0 aliphatic carbocycles. The van der Waals surface area contributed by atoms with E-state index in [4.69, 9.17) is 0 Å². The van der Waals surface area contributed by atoms with Crippen LogP contribution >= 0.6 is 8.58 Å². The third-order valence-corrected chi connectivity index (χ3v) is 3.50. The van der Waals surface area contributed by atoms with Crippen LogP contribution in [0, 0.1) is 0 Å². The van der Waals surface area contributed by atoms with Crippen molar-refractivity contribution in [2.45, 2.75) is 26.7 Å². The standard InChI is InChI=1S/C16H24NOP/c1-4-7-14(13(2)18)10-11-15-8-5-6-9-16(15)17-12-19-3/h4-9,17-19H,10-12H2,1-3H3/b7-4-,14-13-. The smallest absolute Gasteiger partial charge is 0.0923 e. The van der Waals surface area contributed by atoms with Gasteiger partial charge >= 0.3 is 0 Å². The first kappa shape index (κ1) is 15.8. The molecule has 0 saturated heterocycles. The summed E-state index contributed by atoms with van der Waals surface area (Å²) in [6.45, 7) is 5.91. The Kier molecular flexibility index (Phi) is 7.28. The predicted molar refractivity (Wildman–Crippen MR) is 87.6 cm³/mol. The fourth-order valence-electron chi connectivity index (χ4n) is 1.95. The molecule has 0 heterocycles. The lowest BCUT2D eigenvalue weighted by Gasteiger charge is -2.12. The van der Waals surface area contributed by atoms with Gasteiger partial charge < -0.3 is 10.4 Å². The monoisotopic (exact) mass is 277 g/mol. The largest absolute Gasteiger partial charge is 0.512 e. The molecular formula is C16H24NOP. The fourth-order valence-corrected chi connectivity index (χ4v) is 2.32. The van der Waals surface area contributed by atoms with Gasteiger partial charge in [0.05, 0.1) is 5.76 Å². The van der Waals surface area contributed by atoms with Gasteiger partial charge in [-0.2, -0.15) is 0 Å². The van der Waals surface area contributed by atoms with E-state index >= 15 is 0 Å². The number of aliphatic hydroxyl groups is 1. The number of benzene rings is 1. The maximum Gasteiger partial charge on any atom is 0.0923 e. The van der Waals surface area contributed by atoms with E-state index in [1.54, 1.807) is 6.92 Å². The first-order chi connectivity index (χ1) is 9.19. The van der Waals surface area contributed by atoms with Crippen LogP contribution in [0.3, 0.4) is 0 Å². The van der Waals surface area contributed by atoms with Crippen molar-refractivity contribution >= 4 is 14.3 Å². The number of allylic oxidation sites excluding steroid dienone is 4. The van der Waals surface area contributed by atoms with Crippen LogP contribution in [0.4, 0.5) is 5.69 Å². The average molecular weight is 277 g/mol. The molecule has 0 aliphatic rings. The van der Waals surface area contributed by atoms with Crippen LogP contribution in [0.2, 0.25) is 0 Å². The molecule has 1 aromatic rings. The molecule has 1 atom stereocenters. The first-order valence-electron chi connectivity index (χ1n) is 6.66. The van der Waals surface area contributed by atoms with E-state index in [2.05, 4.69) is 36.2 Å². The number of hydrogen-bond acceptors (Lipinski definition) is 2. The number of aryl methyl sites for hydroxylation is 1.